The Labute approximate surface area is 352 Å². The molecule has 3 nitrogen and oxygen atoms in total. The lowest BCUT2D eigenvalue weighted by Gasteiger charge is -2.28. The van der Waals surface area contributed by atoms with Gasteiger partial charge in [-0.1, -0.05) is 98.9 Å². The normalized spacial score (nSPS) is 11.7. The fraction of sp³-hybridized carbons (Fsp3) is 0. The molecule has 264 valence electrons. The summed E-state index contributed by atoms with van der Waals surface area (Å²) in [6.07, 6.45) is 0. The first-order valence-electron chi connectivity index (χ1n) is 20.6. The molecule has 8 aromatic carbocycles. The van der Waals surface area contributed by atoms with E-state index >= 15 is 0 Å². The number of hydrogen-bond donors (Lipinski definition) is 1. The van der Waals surface area contributed by atoms with Gasteiger partial charge in [-0.3, -0.25) is 4.57 Å². The third-order valence-corrected chi connectivity index (χ3v) is 14.2. The van der Waals surface area contributed by atoms with Gasteiger partial charge in [0.05, 0.1) is 11.0 Å². The van der Waals surface area contributed by atoms with Crippen LogP contribution >= 0.6 is 0 Å². The molecule has 0 aliphatic heterocycles. The number of hydrogen-bond acceptors (Lipinski definition) is 2. The highest BCUT2D eigenvalue weighted by atomic mass is 16.3. The van der Waals surface area contributed by atoms with Crippen LogP contribution in [0.3, 0.4) is 0 Å². The van der Waals surface area contributed by atoms with E-state index in [4.69, 9.17) is 4.98 Å². The number of imidazole rings is 1. The second-order valence-corrected chi connectivity index (χ2v) is 16.8. The monoisotopic (exact) mass is 732 g/mol. The number of phenols is 1. The highest BCUT2D eigenvalue weighted by Crippen LogP contribution is 2.42. The Morgan fingerprint density at radius 1 is 0.397 bits per heavy atom. The molecule has 9 rings (SSSR count). The van der Waals surface area contributed by atoms with Crippen LogP contribution in [0.4, 0.5) is 0 Å². The molecule has 0 unspecified atom stereocenters. The van der Waals surface area contributed by atoms with E-state index in [0.29, 0.717) is 5.75 Å². The number of aromatic hydroxyl groups is 1. The number of benzene rings is 8. The molecular weight excluding hydrogens is 690 g/mol. The van der Waals surface area contributed by atoms with E-state index in [0.717, 1.165) is 50.0 Å². The van der Waals surface area contributed by atoms with E-state index in [1.807, 2.05) is 15.7 Å². The molecule has 1 aromatic heterocycles. The van der Waals surface area contributed by atoms with Crippen molar-refractivity contribution in [1.82, 2.24) is 9.55 Å². The summed E-state index contributed by atoms with van der Waals surface area (Å²) in [5, 5.41) is 19.2. The molecule has 0 saturated carbocycles. The van der Waals surface area contributed by atoms with Crippen LogP contribution in [0.2, 0.25) is 0 Å². The predicted molar refractivity (Wildman–Crippen MR) is 290 cm³/mol. The summed E-state index contributed by atoms with van der Waals surface area (Å²) in [4.78, 5) is 5.31. The molecule has 0 spiro atoms. The van der Waals surface area contributed by atoms with Crippen LogP contribution in [0.25, 0.3) is 82.7 Å². The lowest BCUT2D eigenvalue weighted by molar-refractivity contribution is 0.484. The zero-order valence-corrected chi connectivity index (χ0v) is 36.0. The molecule has 0 radical (unpaired) electrons. The van der Waals surface area contributed by atoms with E-state index in [-0.39, 0.29) is 0 Å². The van der Waals surface area contributed by atoms with Crippen LogP contribution in [-0.4, -0.2) is 109 Å². The summed E-state index contributed by atoms with van der Waals surface area (Å²) < 4.78 is 2.30. The number of fused-ring (bicyclic) bond motifs is 4. The number of nitrogens with zero attached hydrogens (tertiary/aromatic N) is 2. The molecule has 0 aliphatic rings. The first kappa shape index (κ1) is 38.1. The minimum Gasteiger partial charge on any atom is -0.509 e. The fourth-order valence-corrected chi connectivity index (χ4v) is 9.97. The van der Waals surface area contributed by atoms with Gasteiger partial charge in [-0.05, 0) is 90.4 Å². The smallest absolute Gasteiger partial charge is 0.145 e. The fourth-order valence-electron chi connectivity index (χ4n) is 9.97. The SMILES string of the molecule is Bc1c(B)c(O)c(B)c(-c2nc3ccccc3n2-c2cccc(-c3c4c(B)c(B)c(B)c(B)c4c(-c4ccc5ccccc5c4)c4c(B)c(B)c(B)c(B)c34)c2)c1B. The minimum atomic E-state index is 0.336. The summed E-state index contributed by atoms with van der Waals surface area (Å²) in [5.74, 6) is 1.17. The van der Waals surface area contributed by atoms with Gasteiger partial charge >= 0.3 is 0 Å². The largest absolute Gasteiger partial charge is 0.509 e. The Morgan fingerprint density at radius 3 is 1.48 bits per heavy atom. The van der Waals surface area contributed by atoms with E-state index in [2.05, 4.69) is 174 Å². The van der Waals surface area contributed by atoms with Crippen molar-refractivity contribution >= 4 is 203 Å². The van der Waals surface area contributed by atoms with Gasteiger partial charge in [0.15, 0.2) is 0 Å². The molecule has 0 fully saturated rings. The quantitative estimate of drug-likeness (QED) is 0.145. The molecule has 0 bridgehead atoms. The van der Waals surface area contributed by atoms with E-state index in [1.54, 1.807) is 0 Å². The molecule has 1 N–H and O–H groups in total. The van der Waals surface area contributed by atoms with Crippen molar-refractivity contribution in [3.8, 4) is 45.1 Å². The van der Waals surface area contributed by atoms with Crippen LogP contribution in [0, 0.1) is 0 Å². The maximum absolute atomic E-state index is 11.4. The second kappa shape index (κ2) is 13.9. The third-order valence-electron chi connectivity index (χ3n) is 14.2. The summed E-state index contributed by atoms with van der Waals surface area (Å²) >= 11 is 0. The summed E-state index contributed by atoms with van der Waals surface area (Å²) in [6, 6.07) is 33.2. The van der Waals surface area contributed by atoms with Gasteiger partial charge in [-0.2, -0.15) is 0 Å². The van der Waals surface area contributed by atoms with Crippen LogP contribution in [0.1, 0.15) is 0 Å². The lowest BCUT2D eigenvalue weighted by atomic mass is 9.59. The average molecular weight is 731 g/mol. The minimum absolute atomic E-state index is 0.336. The van der Waals surface area contributed by atoms with Crippen molar-refractivity contribution < 1.29 is 5.11 Å². The van der Waals surface area contributed by atoms with Crippen LogP contribution in [-0.2, 0) is 0 Å². The summed E-state index contributed by atoms with van der Waals surface area (Å²) in [7, 11) is 26.8. The van der Waals surface area contributed by atoms with Gasteiger partial charge in [0, 0.05) is 11.3 Å². The maximum Gasteiger partial charge on any atom is 0.145 e. The van der Waals surface area contributed by atoms with Crippen molar-refractivity contribution in [2.24, 2.45) is 0 Å². The number of aromatic nitrogens is 2. The number of phenolic OH excluding ortho intramolecular Hbond substituents is 1. The van der Waals surface area contributed by atoms with Gasteiger partial charge in [-0.25, -0.2) is 4.98 Å². The van der Waals surface area contributed by atoms with Crippen LogP contribution < -0.4 is 65.6 Å². The molecule has 58 heavy (non-hydrogen) atoms. The van der Waals surface area contributed by atoms with Gasteiger partial charge < -0.3 is 5.11 Å². The zero-order chi connectivity index (χ0) is 41.1. The molecule has 0 atom stereocenters. The second-order valence-electron chi connectivity index (χ2n) is 16.8. The molecule has 9 aromatic rings. The Hall–Kier alpha value is -5.41. The zero-order valence-electron chi connectivity index (χ0n) is 36.0. The van der Waals surface area contributed by atoms with Crippen molar-refractivity contribution in [1.29, 1.82) is 0 Å². The Kier molecular flexibility index (Phi) is 9.11. The van der Waals surface area contributed by atoms with Gasteiger partial charge in [0.1, 0.15) is 106 Å². The van der Waals surface area contributed by atoms with Crippen molar-refractivity contribution in [2.45, 2.75) is 0 Å². The first-order chi connectivity index (χ1) is 27.7. The number of rotatable bonds is 4. The van der Waals surface area contributed by atoms with E-state index in [9.17, 15) is 5.11 Å². The molecular formula is C43H40B12N2O. The van der Waals surface area contributed by atoms with Crippen LogP contribution in [0.5, 0.6) is 5.75 Å². The topological polar surface area (TPSA) is 38.1 Å². The molecule has 0 amide bonds. The molecule has 0 aliphatic carbocycles. The third kappa shape index (κ3) is 5.41. The highest BCUT2D eigenvalue weighted by Gasteiger charge is 2.27. The first-order valence-corrected chi connectivity index (χ1v) is 20.6. The van der Waals surface area contributed by atoms with Gasteiger partial charge in [0.25, 0.3) is 0 Å². The van der Waals surface area contributed by atoms with Crippen LogP contribution in [0.15, 0.2) is 91.0 Å². The van der Waals surface area contributed by atoms with Crippen molar-refractivity contribution in [3.05, 3.63) is 91.0 Å². The van der Waals surface area contributed by atoms with Gasteiger partial charge in [0.2, 0.25) is 0 Å². The molecule has 1 heterocycles. The average Bonchev–Trinajstić information content (AvgIpc) is 3.62. The number of para-hydroxylation sites is 2. The Morgan fingerprint density at radius 2 is 0.897 bits per heavy atom. The predicted octanol–water partition coefficient (Wildman–Crippen LogP) is -9.71. The van der Waals surface area contributed by atoms with E-state index in [1.165, 1.54) is 98.3 Å². The molecule has 0 saturated heterocycles. The Balaban J connectivity index is 1.45. The summed E-state index contributed by atoms with van der Waals surface area (Å²) in [5.41, 5.74) is 23.7. The Bertz CT molecular complexity index is 3180. The van der Waals surface area contributed by atoms with Crippen molar-refractivity contribution in [2.75, 3.05) is 0 Å². The molecule has 15 heteroatoms. The highest BCUT2D eigenvalue weighted by molar-refractivity contribution is 6.71. The lowest BCUT2D eigenvalue weighted by Crippen LogP contribution is -2.50. The standard InChI is InChI=1S/C43H40B12N2O/c44-30-25-23(18-8-5-9-20(15-18)57-22-11-4-3-10-21(22)56-43(57)29-34(48)40(54)41(55)42(58)35(29)49)26-28(33(47)39(53)37(51)31(26)45)24(27(25)32(46)38(52)36(30)50)19-13-12-16-6-1-2-7-17(16)14-19/h1-15,58H,44-55H2. The van der Waals surface area contributed by atoms with Gasteiger partial charge in [-0.15, -0.1) is 21.9 Å². The maximum atomic E-state index is 11.4. The van der Waals surface area contributed by atoms with Crippen molar-refractivity contribution in [3.63, 3.8) is 0 Å². The van der Waals surface area contributed by atoms with E-state index < -0.39 is 0 Å². The summed E-state index contributed by atoms with van der Waals surface area (Å²) in [6.45, 7) is 0.